The number of hydrogen-bond donors (Lipinski definition) is 0. The highest BCUT2D eigenvalue weighted by atomic mass is 16.7. The lowest BCUT2D eigenvalue weighted by Gasteiger charge is -2.10. The quantitative estimate of drug-likeness (QED) is 0.859. The summed E-state index contributed by atoms with van der Waals surface area (Å²) in [6, 6.07) is 7.84. The second-order valence-corrected chi connectivity index (χ2v) is 5.23. The molecule has 2 aliphatic rings. The van der Waals surface area contributed by atoms with Crippen LogP contribution in [-0.2, 0) is 6.54 Å². The average molecular weight is 272 g/mol. The monoisotopic (exact) mass is 272 g/mol. The number of benzene rings is 1. The van der Waals surface area contributed by atoms with Crippen LogP contribution >= 0.6 is 0 Å². The molecule has 1 aromatic heterocycles. The third-order valence-electron chi connectivity index (χ3n) is 3.81. The van der Waals surface area contributed by atoms with Gasteiger partial charge in [0.15, 0.2) is 17.3 Å². The van der Waals surface area contributed by atoms with E-state index in [-0.39, 0.29) is 6.79 Å². The van der Waals surface area contributed by atoms with E-state index in [0.29, 0.717) is 0 Å². The van der Waals surface area contributed by atoms with Crippen LogP contribution in [0.2, 0.25) is 0 Å². The molecule has 0 atom stereocenters. The Morgan fingerprint density at radius 1 is 1.05 bits per heavy atom. The minimum atomic E-state index is 0.289. The van der Waals surface area contributed by atoms with Gasteiger partial charge in [-0.2, -0.15) is 0 Å². The molecule has 20 heavy (non-hydrogen) atoms. The Morgan fingerprint density at radius 3 is 2.80 bits per heavy atom. The van der Waals surface area contributed by atoms with E-state index < -0.39 is 0 Å². The van der Waals surface area contributed by atoms with Crippen molar-refractivity contribution in [2.75, 3.05) is 19.9 Å². The van der Waals surface area contributed by atoms with Crippen molar-refractivity contribution in [3.05, 3.63) is 30.0 Å². The maximum atomic E-state index is 5.44. The van der Waals surface area contributed by atoms with E-state index >= 15 is 0 Å². The lowest BCUT2D eigenvalue weighted by molar-refractivity contribution is 0.174. The van der Waals surface area contributed by atoms with Gasteiger partial charge in [0.25, 0.3) is 0 Å². The molecule has 0 amide bonds. The number of rotatable bonds is 3. The van der Waals surface area contributed by atoms with Crippen molar-refractivity contribution in [2.45, 2.75) is 19.4 Å². The molecule has 3 heterocycles. The number of hydrogen-bond acceptors (Lipinski definition) is 5. The molecule has 2 aromatic rings. The second-order valence-electron chi connectivity index (χ2n) is 5.23. The summed E-state index contributed by atoms with van der Waals surface area (Å²) in [7, 11) is 0. The molecule has 0 aliphatic carbocycles. The van der Waals surface area contributed by atoms with Crippen LogP contribution in [-0.4, -0.2) is 29.9 Å². The van der Waals surface area contributed by atoms with E-state index in [0.717, 1.165) is 48.2 Å². The number of ether oxygens (including phenoxy) is 2. The van der Waals surface area contributed by atoms with Crippen LogP contribution in [0.25, 0.3) is 11.3 Å². The SMILES string of the molecule is c1cc2c(cc1-c1cc(CN3CCCC3)on1)OCO2. The van der Waals surface area contributed by atoms with Crippen molar-refractivity contribution < 1.29 is 14.0 Å². The van der Waals surface area contributed by atoms with Gasteiger partial charge in [0.05, 0.1) is 6.54 Å². The molecule has 0 radical (unpaired) electrons. The Balaban J connectivity index is 1.55. The first kappa shape index (κ1) is 11.8. The number of fused-ring (bicyclic) bond motifs is 1. The standard InChI is InChI=1S/C15H16N2O3/c1-2-6-17(5-1)9-12-8-13(16-20-12)11-3-4-14-15(7-11)19-10-18-14/h3-4,7-8H,1-2,5-6,9-10H2. The summed E-state index contributed by atoms with van der Waals surface area (Å²) in [6.07, 6.45) is 2.56. The highest BCUT2D eigenvalue weighted by Crippen LogP contribution is 2.35. The van der Waals surface area contributed by atoms with Crippen molar-refractivity contribution in [2.24, 2.45) is 0 Å². The largest absolute Gasteiger partial charge is 0.454 e. The van der Waals surface area contributed by atoms with Crippen molar-refractivity contribution >= 4 is 0 Å². The second kappa shape index (κ2) is 4.83. The molecular formula is C15H16N2O3. The zero-order chi connectivity index (χ0) is 13.4. The van der Waals surface area contributed by atoms with Crippen molar-refractivity contribution in [3.63, 3.8) is 0 Å². The first-order chi connectivity index (χ1) is 9.88. The summed E-state index contributed by atoms with van der Waals surface area (Å²) in [5.74, 6) is 2.47. The molecule has 0 bridgehead atoms. The van der Waals surface area contributed by atoms with Crippen molar-refractivity contribution in [1.82, 2.24) is 10.1 Å². The maximum absolute atomic E-state index is 5.44. The Bertz CT molecular complexity index is 617. The minimum absolute atomic E-state index is 0.289. The van der Waals surface area contributed by atoms with Crippen LogP contribution in [0.15, 0.2) is 28.8 Å². The van der Waals surface area contributed by atoms with Gasteiger partial charge in [-0.25, -0.2) is 0 Å². The third-order valence-corrected chi connectivity index (χ3v) is 3.81. The van der Waals surface area contributed by atoms with Gasteiger partial charge in [-0.05, 0) is 44.1 Å². The molecule has 0 spiro atoms. The fraction of sp³-hybridized carbons (Fsp3) is 0.400. The maximum Gasteiger partial charge on any atom is 0.231 e. The molecular weight excluding hydrogens is 256 g/mol. The van der Waals surface area contributed by atoms with Crippen molar-refractivity contribution in [1.29, 1.82) is 0 Å². The lowest BCUT2D eigenvalue weighted by Crippen LogP contribution is -2.17. The Labute approximate surface area is 117 Å². The highest BCUT2D eigenvalue weighted by molar-refractivity contribution is 5.64. The van der Waals surface area contributed by atoms with E-state index in [4.69, 9.17) is 14.0 Å². The Morgan fingerprint density at radius 2 is 1.90 bits per heavy atom. The predicted octanol–water partition coefficient (Wildman–Crippen LogP) is 2.67. The van der Waals surface area contributed by atoms with Gasteiger partial charge in [0.2, 0.25) is 6.79 Å². The smallest absolute Gasteiger partial charge is 0.231 e. The Hall–Kier alpha value is -2.01. The zero-order valence-electron chi connectivity index (χ0n) is 11.2. The first-order valence-electron chi connectivity index (χ1n) is 6.96. The van der Waals surface area contributed by atoms with Gasteiger partial charge >= 0.3 is 0 Å². The van der Waals surface area contributed by atoms with Crippen LogP contribution in [0.3, 0.4) is 0 Å². The first-order valence-corrected chi connectivity index (χ1v) is 6.96. The summed E-state index contributed by atoms with van der Waals surface area (Å²) < 4.78 is 16.1. The summed E-state index contributed by atoms with van der Waals surface area (Å²) in [6.45, 7) is 3.44. The molecule has 0 unspecified atom stereocenters. The van der Waals surface area contributed by atoms with Gasteiger partial charge in [-0.1, -0.05) is 5.16 Å². The van der Waals surface area contributed by atoms with Crippen LogP contribution in [0, 0.1) is 0 Å². The number of likely N-dealkylation sites (tertiary alicyclic amines) is 1. The lowest BCUT2D eigenvalue weighted by atomic mass is 10.1. The van der Waals surface area contributed by atoms with E-state index in [1.165, 1.54) is 12.8 Å². The van der Waals surface area contributed by atoms with Gasteiger partial charge < -0.3 is 14.0 Å². The molecule has 0 saturated carbocycles. The third kappa shape index (κ3) is 2.14. The highest BCUT2D eigenvalue weighted by Gasteiger charge is 2.17. The van der Waals surface area contributed by atoms with E-state index in [2.05, 4.69) is 10.1 Å². The van der Waals surface area contributed by atoms with Gasteiger partial charge in [0, 0.05) is 11.6 Å². The molecule has 1 fully saturated rings. The van der Waals surface area contributed by atoms with Gasteiger partial charge in [-0.15, -0.1) is 0 Å². The molecule has 5 nitrogen and oxygen atoms in total. The van der Waals surface area contributed by atoms with Crippen LogP contribution in [0.5, 0.6) is 11.5 Å². The topological polar surface area (TPSA) is 47.7 Å². The number of aromatic nitrogens is 1. The molecule has 0 N–H and O–H groups in total. The molecule has 5 heteroatoms. The molecule has 1 saturated heterocycles. The van der Waals surface area contributed by atoms with E-state index in [9.17, 15) is 0 Å². The molecule has 4 rings (SSSR count). The minimum Gasteiger partial charge on any atom is -0.454 e. The number of nitrogens with zero attached hydrogens (tertiary/aromatic N) is 2. The van der Waals surface area contributed by atoms with Gasteiger partial charge in [-0.3, -0.25) is 4.90 Å². The average Bonchev–Trinajstić information content (AvgIpc) is 3.19. The Kier molecular flexibility index (Phi) is 2.85. The van der Waals surface area contributed by atoms with Crippen LogP contribution < -0.4 is 9.47 Å². The van der Waals surface area contributed by atoms with E-state index in [1.54, 1.807) is 0 Å². The summed E-state index contributed by atoms with van der Waals surface area (Å²) in [5.41, 5.74) is 1.84. The van der Waals surface area contributed by atoms with Gasteiger partial charge in [0.1, 0.15) is 5.69 Å². The molecule has 104 valence electrons. The van der Waals surface area contributed by atoms with E-state index in [1.807, 2.05) is 24.3 Å². The van der Waals surface area contributed by atoms with Crippen molar-refractivity contribution in [3.8, 4) is 22.8 Å². The summed E-state index contributed by atoms with van der Waals surface area (Å²) in [5, 5.41) is 4.16. The summed E-state index contributed by atoms with van der Waals surface area (Å²) in [4.78, 5) is 2.39. The zero-order valence-corrected chi connectivity index (χ0v) is 11.2. The fourth-order valence-electron chi connectivity index (χ4n) is 2.74. The predicted molar refractivity (Wildman–Crippen MR) is 72.6 cm³/mol. The summed E-state index contributed by atoms with van der Waals surface area (Å²) >= 11 is 0. The van der Waals surface area contributed by atoms with Crippen LogP contribution in [0.1, 0.15) is 18.6 Å². The normalized spacial score (nSPS) is 17.8. The molecule has 2 aliphatic heterocycles. The molecule has 1 aromatic carbocycles. The fourth-order valence-corrected chi connectivity index (χ4v) is 2.74. The van der Waals surface area contributed by atoms with Crippen LogP contribution in [0.4, 0.5) is 0 Å².